The van der Waals surface area contributed by atoms with Gasteiger partial charge >= 0.3 is 0 Å². The molecule has 5 rings (SSSR count). The van der Waals surface area contributed by atoms with E-state index in [0.717, 1.165) is 16.7 Å². The number of aromatic nitrogens is 3. The highest BCUT2D eigenvalue weighted by molar-refractivity contribution is 6.31. The molecule has 0 saturated carbocycles. The number of rotatable bonds is 3. The lowest BCUT2D eigenvalue weighted by atomic mass is 9.91. The van der Waals surface area contributed by atoms with Crippen LogP contribution in [0.1, 0.15) is 0 Å². The Morgan fingerprint density at radius 2 is 1.00 bits per heavy atom. The van der Waals surface area contributed by atoms with E-state index in [9.17, 15) is 0 Å². The SMILES string of the molecule is Clc1nc(Cl)nc(-c2cccc(-c3ccc(-c4ccccc4)c4ccccc34)c2)n1. The van der Waals surface area contributed by atoms with Crippen LogP contribution in [0.4, 0.5) is 0 Å². The van der Waals surface area contributed by atoms with E-state index in [1.165, 1.54) is 21.9 Å². The summed E-state index contributed by atoms with van der Waals surface area (Å²) < 4.78 is 0. The van der Waals surface area contributed by atoms with Crippen LogP contribution in [0.3, 0.4) is 0 Å². The molecule has 3 nitrogen and oxygen atoms in total. The van der Waals surface area contributed by atoms with E-state index >= 15 is 0 Å². The Morgan fingerprint density at radius 1 is 0.467 bits per heavy atom. The molecular formula is C25H15Cl2N3. The average Bonchev–Trinajstić information content (AvgIpc) is 2.78. The molecule has 5 aromatic rings. The summed E-state index contributed by atoms with van der Waals surface area (Å²) in [5.74, 6) is 0.451. The normalized spacial score (nSPS) is 11.0. The Hall–Kier alpha value is -3.27. The first-order chi connectivity index (χ1) is 14.7. The van der Waals surface area contributed by atoms with Crippen molar-refractivity contribution in [2.75, 3.05) is 0 Å². The monoisotopic (exact) mass is 427 g/mol. The second-order valence-electron chi connectivity index (χ2n) is 6.85. The molecule has 0 radical (unpaired) electrons. The van der Waals surface area contributed by atoms with Crippen molar-refractivity contribution in [3.05, 3.63) is 102 Å². The van der Waals surface area contributed by atoms with E-state index in [0.29, 0.717) is 5.82 Å². The molecule has 5 heteroatoms. The summed E-state index contributed by atoms with van der Waals surface area (Å²) >= 11 is 11.9. The first-order valence-corrected chi connectivity index (χ1v) is 10.2. The fraction of sp³-hybridized carbons (Fsp3) is 0. The fourth-order valence-electron chi connectivity index (χ4n) is 3.70. The van der Waals surface area contributed by atoms with Crippen LogP contribution in [0.25, 0.3) is 44.4 Å². The van der Waals surface area contributed by atoms with E-state index in [1.54, 1.807) is 0 Å². The van der Waals surface area contributed by atoms with E-state index in [1.807, 2.05) is 24.3 Å². The minimum Gasteiger partial charge on any atom is -0.198 e. The van der Waals surface area contributed by atoms with Gasteiger partial charge in [0.25, 0.3) is 0 Å². The van der Waals surface area contributed by atoms with Crippen LogP contribution in [0.5, 0.6) is 0 Å². The van der Waals surface area contributed by atoms with E-state index in [-0.39, 0.29) is 10.6 Å². The fourth-order valence-corrected chi connectivity index (χ4v) is 4.06. The lowest BCUT2D eigenvalue weighted by molar-refractivity contribution is 1.06. The molecule has 144 valence electrons. The molecule has 0 N–H and O–H groups in total. The molecule has 0 amide bonds. The number of benzene rings is 4. The predicted octanol–water partition coefficient (Wildman–Crippen LogP) is 7.33. The second-order valence-corrected chi connectivity index (χ2v) is 7.53. The van der Waals surface area contributed by atoms with E-state index < -0.39 is 0 Å². The molecule has 0 spiro atoms. The largest absolute Gasteiger partial charge is 0.227 e. The molecule has 0 aliphatic heterocycles. The molecular weight excluding hydrogens is 413 g/mol. The minimum absolute atomic E-state index is 0.0769. The second kappa shape index (κ2) is 7.86. The molecule has 0 aliphatic rings. The zero-order valence-corrected chi connectivity index (χ0v) is 17.3. The summed E-state index contributed by atoms with van der Waals surface area (Å²) in [7, 11) is 0. The maximum absolute atomic E-state index is 5.96. The molecule has 1 aromatic heterocycles. The lowest BCUT2D eigenvalue weighted by Gasteiger charge is -2.13. The van der Waals surface area contributed by atoms with Crippen LogP contribution in [-0.4, -0.2) is 15.0 Å². The highest BCUT2D eigenvalue weighted by Gasteiger charge is 2.11. The summed E-state index contributed by atoms with van der Waals surface area (Å²) in [4.78, 5) is 12.3. The summed E-state index contributed by atoms with van der Waals surface area (Å²) in [6, 6.07) is 31.3. The maximum atomic E-state index is 5.96. The molecule has 4 aromatic carbocycles. The predicted molar refractivity (Wildman–Crippen MR) is 124 cm³/mol. The van der Waals surface area contributed by atoms with Gasteiger partial charge < -0.3 is 0 Å². The molecule has 0 unspecified atom stereocenters. The highest BCUT2D eigenvalue weighted by Crippen LogP contribution is 2.36. The molecule has 30 heavy (non-hydrogen) atoms. The lowest BCUT2D eigenvalue weighted by Crippen LogP contribution is -1.94. The van der Waals surface area contributed by atoms with Gasteiger partial charge in [-0.3, -0.25) is 0 Å². The van der Waals surface area contributed by atoms with Crippen LogP contribution < -0.4 is 0 Å². The van der Waals surface area contributed by atoms with Crippen LogP contribution in [-0.2, 0) is 0 Å². The quantitative estimate of drug-likeness (QED) is 0.302. The highest BCUT2D eigenvalue weighted by atomic mass is 35.5. The van der Waals surface area contributed by atoms with Crippen LogP contribution in [0, 0.1) is 0 Å². The Kier molecular flexibility index (Phi) is 4.91. The van der Waals surface area contributed by atoms with Crippen LogP contribution >= 0.6 is 23.2 Å². The molecule has 1 heterocycles. The average molecular weight is 428 g/mol. The van der Waals surface area contributed by atoms with Crippen LogP contribution in [0.15, 0.2) is 91.0 Å². The summed E-state index contributed by atoms with van der Waals surface area (Å²) in [5.41, 5.74) is 5.44. The van der Waals surface area contributed by atoms with Gasteiger partial charge in [-0.1, -0.05) is 84.9 Å². The van der Waals surface area contributed by atoms with Gasteiger partial charge in [-0.15, -0.1) is 0 Å². The van der Waals surface area contributed by atoms with Crippen molar-refractivity contribution in [1.29, 1.82) is 0 Å². The van der Waals surface area contributed by atoms with Gasteiger partial charge in [-0.05, 0) is 62.3 Å². The molecule has 0 atom stereocenters. The van der Waals surface area contributed by atoms with Crippen molar-refractivity contribution in [2.45, 2.75) is 0 Å². The maximum Gasteiger partial charge on any atom is 0.227 e. The van der Waals surface area contributed by atoms with Gasteiger partial charge in [-0.25, -0.2) is 0 Å². The van der Waals surface area contributed by atoms with Crippen LogP contribution in [0.2, 0.25) is 10.6 Å². The standard InChI is InChI=1S/C25H15Cl2N3/c26-24-28-23(29-25(27)30-24)18-10-6-9-17(15-18)20-14-13-19(16-7-2-1-3-8-16)21-11-4-5-12-22(20)21/h1-15H. The van der Waals surface area contributed by atoms with Crippen molar-refractivity contribution in [3.8, 4) is 33.6 Å². The van der Waals surface area contributed by atoms with Crippen molar-refractivity contribution < 1.29 is 0 Å². The molecule has 0 bridgehead atoms. The summed E-state index contributed by atoms with van der Waals surface area (Å²) in [5, 5.41) is 2.54. The first kappa shape index (κ1) is 18.7. The van der Waals surface area contributed by atoms with Gasteiger partial charge in [-0.2, -0.15) is 15.0 Å². The number of nitrogens with zero attached hydrogens (tertiary/aromatic N) is 3. The Morgan fingerprint density at radius 3 is 1.67 bits per heavy atom. The van der Waals surface area contributed by atoms with Gasteiger partial charge in [0.1, 0.15) is 0 Å². The Labute approximate surface area is 184 Å². The molecule has 0 saturated heterocycles. The van der Waals surface area contributed by atoms with Crippen molar-refractivity contribution >= 4 is 34.0 Å². The minimum atomic E-state index is 0.0769. The topological polar surface area (TPSA) is 38.7 Å². The third-order valence-corrected chi connectivity index (χ3v) is 5.36. The molecule has 0 fully saturated rings. The van der Waals surface area contributed by atoms with Crippen molar-refractivity contribution in [2.24, 2.45) is 0 Å². The van der Waals surface area contributed by atoms with Crippen molar-refractivity contribution in [1.82, 2.24) is 15.0 Å². The smallest absolute Gasteiger partial charge is 0.198 e. The summed E-state index contributed by atoms with van der Waals surface area (Å²) in [6.07, 6.45) is 0. The van der Waals surface area contributed by atoms with Gasteiger partial charge in [0, 0.05) is 5.56 Å². The summed E-state index contributed by atoms with van der Waals surface area (Å²) in [6.45, 7) is 0. The Balaban J connectivity index is 1.68. The third kappa shape index (κ3) is 3.54. The number of fused-ring (bicyclic) bond motifs is 1. The van der Waals surface area contributed by atoms with Crippen molar-refractivity contribution in [3.63, 3.8) is 0 Å². The molecule has 0 aliphatic carbocycles. The van der Waals surface area contributed by atoms with Gasteiger partial charge in [0.2, 0.25) is 10.6 Å². The van der Waals surface area contributed by atoms with Gasteiger partial charge in [0.05, 0.1) is 0 Å². The zero-order chi connectivity index (χ0) is 20.5. The number of hydrogen-bond donors (Lipinski definition) is 0. The third-order valence-electron chi connectivity index (χ3n) is 5.02. The number of hydrogen-bond acceptors (Lipinski definition) is 3. The first-order valence-electron chi connectivity index (χ1n) is 9.44. The zero-order valence-electron chi connectivity index (χ0n) is 15.8. The van der Waals surface area contributed by atoms with E-state index in [2.05, 4.69) is 81.7 Å². The van der Waals surface area contributed by atoms with Gasteiger partial charge in [0.15, 0.2) is 5.82 Å². The van der Waals surface area contributed by atoms with E-state index in [4.69, 9.17) is 23.2 Å². The Bertz CT molecular complexity index is 1350. The number of halogens is 2.